The van der Waals surface area contributed by atoms with Crippen LogP contribution in [0.1, 0.15) is 0 Å². The minimum atomic E-state index is 0.401. The summed E-state index contributed by atoms with van der Waals surface area (Å²) in [5.41, 5.74) is 0.929. The second-order valence-electron chi connectivity index (χ2n) is 2.94. The first-order valence-electron chi connectivity index (χ1n) is 4.23. The van der Waals surface area contributed by atoms with E-state index in [0.29, 0.717) is 11.9 Å². The molecule has 0 saturated carbocycles. The van der Waals surface area contributed by atoms with E-state index in [2.05, 4.69) is 10.3 Å². The third-order valence-electron chi connectivity index (χ3n) is 1.96. The number of anilines is 1. The molecular formula is C9H12N2O2. The largest absolute Gasteiger partial charge is 0.480 e. The highest BCUT2D eigenvalue weighted by Crippen LogP contribution is 2.22. The fourth-order valence-electron chi connectivity index (χ4n) is 1.20. The Morgan fingerprint density at radius 1 is 1.62 bits per heavy atom. The van der Waals surface area contributed by atoms with E-state index in [1.54, 1.807) is 13.3 Å². The zero-order valence-electron chi connectivity index (χ0n) is 7.49. The molecule has 0 spiro atoms. The van der Waals surface area contributed by atoms with E-state index in [4.69, 9.17) is 9.47 Å². The number of nitrogens with zero attached hydrogens (tertiary/aromatic N) is 1. The molecule has 1 aliphatic heterocycles. The van der Waals surface area contributed by atoms with Crippen LogP contribution < -0.4 is 10.1 Å². The molecule has 4 heteroatoms. The maximum Gasteiger partial charge on any atom is 0.237 e. The molecule has 0 amide bonds. The maximum atomic E-state index is 5.10. The molecule has 0 aromatic carbocycles. The SMILES string of the molecule is COc1ncccc1NC1COC1. The van der Waals surface area contributed by atoms with Gasteiger partial charge in [-0.15, -0.1) is 0 Å². The van der Waals surface area contributed by atoms with Gasteiger partial charge in [0.2, 0.25) is 5.88 Å². The zero-order chi connectivity index (χ0) is 9.10. The summed E-state index contributed by atoms with van der Waals surface area (Å²) in [6.45, 7) is 1.52. The van der Waals surface area contributed by atoms with Crippen LogP contribution in [0.5, 0.6) is 5.88 Å². The molecule has 70 valence electrons. The Hall–Kier alpha value is -1.29. The number of rotatable bonds is 3. The third kappa shape index (κ3) is 1.72. The van der Waals surface area contributed by atoms with E-state index >= 15 is 0 Å². The summed E-state index contributed by atoms with van der Waals surface area (Å²) in [5, 5.41) is 3.29. The van der Waals surface area contributed by atoms with Crippen LogP contribution in [-0.4, -0.2) is 31.3 Å². The van der Waals surface area contributed by atoms with Gasteiger partial charge < -0.3 is 14.8 Å². The Morgan fingerprint density at radius 2 is 2.46 bits per heavy atom. The summed E-state index contributed by atoms with van der Waals surface area (Å²) in [4.78, 5) is 4.08. The van der Waals surface area contributed by atoms with Gasteiger partial charge in [0.05, 0.1) is 32.1 Å². The second-order valence-corrected chi connectivity index (χ2v) is 2.94. The number of ether oxygens (including phenoxy) is 2. The van der Waals surface area contributed by atoms with Gasteiger partial charge in [-0.25, -0.2) is 4.98 Å². The highest BCUT2D eigenvalue weighted by molar-refractivity contribution is 5.52. The lowest BCUT2D eigenvalue weighted by Crippen LogP contribution is -2.40. The van der Waals surface area contributed by atoms with Gasteiger partial charge in [0.25, 0.3) is 0 Å². The van der Waals surface area contributed by atoms with E-state index < -0.39 is 0 Å². The predicted molar refractivity (Wildman–Crippen MR) is 49.0 cm³/mol. The van der Waals surface area contributed by atoms with Crippen molar-refractivity contribution in [3.8, 4) is 5.88 Å². The van der Waals surface area contributed by atoms with E-state index in [1.165, 1.54) is 0 Å². The first kappa shape index (κ1) is 8.31. The molecule has 0 aliphatic carbocycles. The smallest absolute Gasteiger partial charge is 0.237 e. The summed E-state index contributed by atoms with van der Waals surface area (Å²) >= 11 is 0. The first-order valence-corrected chi connectivity index (χ1v) is 4.23. The number of pyridine rings is 1. The molecule has 2 rings (SSSR count). The van der Waals surface area contributed by atoms with Gasteiger partial charge in [-0.1, -0.05) is 0 Å². The molecule has 1 aliphatic rings. The van der Waals surface area contributed by atoms with E-state index in [9.17, 15) is 0 Å². The minimum absolute atomic E-state index is 0.401. The lowest BCUT2D eigenvalue weighted by molar-refractivity contribution is 0.0210. The van der Waals surface area contributed by atoms with Crippen molar-refractivity contribution >= 4 is 5.69 Å². The van der Waals surface area contributed by atoms with Crippen LogP contribution >= 0.6 is 0 Å². The van der Waals surface area contributed by atoms with Crippen molar-refractivity contribution in [2.45, 2.75) is 6.04 Å². The van der Waals surface area contributed by atoms with Crippen molar-refractivity contribution in [1.82, 2.24) is 4.98 Å². The summed E-state index contributed by atoms with van der Waals surface area (Å²) in [7, 11) is 1.62. The second kappa shape index (κ2) is 3.62. The maximum absolute atomic E-state index is 5.10. The monoisotopic (exact) mass is 180 g/mol. The van der Waals surface area contributed by atoms with Crippen molar-refractivity contribution in [2.24, 2.45) is 0 Å². The molecule has 0 atom stereocenters. The normalized spacial score (nSPS) is 16.4. The average Bonchev–Trinajstić information content (AvgIpc) is 2.12. The molecule has 1 saturated heterocycles. The Balaban J connectivity index is 2.08. The van der Waals surface area contributed by atoms with Crippen molar-refractivity contribution in [3.63, 3.8) is 0 Å². The zero-order valence-corrected chi connectivity index (χ0v) is 7.49. The molecule has 13 heavy (non-hydrogen) atoms. The van der Waals surface area contributed by atoms with Crippen molar-refractivity contribution in [3.05, 3.63) is 18.3 Å². The molecule has 0 unspecified atom stereocenters. The molecule has 4 nitrogen and oxygen atoms in total. The first-order chi connectivity index (χ1) is 6.40. The topological polar surface area (TPSA) is 43.4 Å². The van der Waals surface area contributed by atoms with Crippen molar-refractivity contribution in [2.75, 3.05) is 25.6 Å². The Morgan fingerprint density at radius 3 is 3.08 bits per heavy atom. The number of methoxy groups -OCH3 is 1. The van der Waals surface area contributed by atoms with Crippen molar-refractivity contribution in [1.29, 1.82) is 0 Å². The fraction of sp³-hybridized carbons (Fsp3) is 0.444. The molecule has 0 bridgehead atoms. The minimum Gasteiger partial charge on any atom is -0.480 e. The van der Waals surface area contributed by atoms with Crippen LogP contribution in [0.2, 0.25) is 0 Å². The summed E-state index contributed by atoms with van der Waals surface area (Å²) in [6.07, 6.45) is 1.71. The van der Waals surface area contributed by atoms with Crippen LogP contribution in [0.3, 0.4) is 0 Å². The quantitative estimate of drug-likeness (QED) is 0.750. The predicted octanol–water partition coefficient (Wildman–Crippen LogP) is 0.901. The Labute approximate surface area is 76.9 Å². The van der Waals surface area contributed by atoms with Gasteiger partial charge in [0, 0.05) is 6.20 Å². The average molecular weight is 180 g/mol. The molecule has 0 radical (unpaired) electrons. The molecule has 1 N–H and O–H groups in total. The van der Waals surface area contributed by atoms with E-state index in [0.717, 1.165) is 18.9 Å². The van der Waals surface area contributed by atoms with Crippen LogP contribution in [0.15, 0.2) is 18.3 Å². The van der Waals surface area contributed by atoms with Gasteiger partial charge in [0.15, 0.2) is 0 Å². The van der Waals surface area contributed by atoms with Crippen LogP contribution in [0.4, 0.5) is 5.69 Å². The summed E-state index contributed by atoms with van der Waals surface area (Å²) in [5.74, 6) is 0.634. The highest BCUT2D eigenvalue weighted by Gasteiger charge is 2.19. The van der Waals surface area contributed by atoms with Gasteiger partial charge in [-0.05, 0) is 12.1 Å². The van der Waals surface area contributed by atoms with Gasteiger partial charge in [-0.3, -0.25) is 0 Å². The molecular weight excluding hydrogens is 168 g/mol. The molecule has 1 fully saturated rings. The highest BCUT2D eigenvalue weighted by atomic mass is 16.5. The standard InChI is InChI=1S/C9H12N2O2/c1-12-9-8(3-2-4-10-9)11-7-5-13-6-7/h2-4,7,11H,5-6H2,1H3. The molecule has 1 aromatic rings. The Kier molecular flexibility index (Phi) is 2.31. The summed E-state index contributed by atoms with van der Waals surface area (Å²) in [6, 6.07) is 4.23. The van der Waals surface area contributed by atoms with Crippen LogP contribution in [0, 0.1) is 0 Å². The lowest BCUT2D eigenvalue weighted by atomic mass is 10.2. The Bertz CT molecular complexity index is 287. The van der Waals surface area contributed by atoms with Crippen LogP contribution in [0.25, 0.3) is 0 Å². The number of hydrogen-bond donors (Lipinski definition) is 1. The van der Waals surface area contributed by atoms with E-state index in [-0.39, 0.29) is 0 Å². The number of aromatic nitrogens is 1. The van der Waals surface area contributed by atoms with Gasteiger partial charge in [-0.2, -0.15) is 0 Å². The third-order valence-corrected chi connectivity index (χ3v) is 1.96. The molecule has 1 aromatic heterocycles. The van der Waals surface area contributed by atoms with E-state index in [1.807, 2.05) is 12.1 Å². The summed E-state index contributed by atoms with van der Waals surface area (Å²) < 4.78 is 10.2. The fourth-order valence-corrected chi connectivity index (χ4v) is 1.20. The number of hydrogen-bond acceptors (Lipinski definition) is 4. The number of nitrogens with one attached hydrogen (secondary N) is 1. The van der Waals surface area contributed by atoms with Crippen molar-refractivity contribution < 1.29 is 9.47 Å². The molecule has 2 heterocycles. The van der Waals surface area contributed by atoms with Crippen LogP contribution in [-0.2, 0) is 4.74 Å². The lowest BCUT2D eigenvalue weighted by Gasteiger charge is -2.28. The van der Waals surface area contributed by atoms with Gasteiger partial charge in [0.1, 0.15) is 0 Å². The van der Waals surface area contributed by atoms with Gasteiger partial charge >= 0.3 is 0 Å².